The maximum atomic E-state index is 13.3. The van der Waals surface area contributed by atoms with Gasteiger partial charge < -0.3 is 42.0 Å². The van der Waals surface area contributed by atoms with Crippen molar-refractivity contribution in [3.8, 4) is 0 Å². The topological polar surface area (TPSA) is 220 Å². The number of ether oxygens (including phenoxy) is 1. The third-order valence-corrected chi connectivity index (χ3v) is 11.0. The van der Waals surface area contributed by atoms with Gasteiger partial charge in [-0.05, 0) is 79.0 Å². The Labute approximate surface area is 357 Å². The normalized spacial score (nSPS) is 13.5. The van der Waals surface area contributed by atoms with Gasteiger partial charge in [0.05, 0.1) is 17.1 Å². The van der Waals surface area contributed by atoms with E-state index in [1.165, 1.54) is 24.8 Å². The molecule has 1 aliphatic rings. The molecule has 15 nitrogen and oxygen atoms in total. The van der Waals surface area contributed by atoms with Gasteiger partial charge in [0, 0.05) is 37.1 Å². The molecule has 2 atom stereocenters. The van der Waals surface area contributed by atoms with E-state index in [1.807, 2.05) is 38.1 Å². The van der Waals surface area contributed by atoms with Crippen LogP contribution in [0.1, 0.15) is 88.2 Å². The Bertz CT molecular complexity index is 2270. The molecule has 5 aromatic rings. The third-order valence-electron chi connectivity index (χ3n) is 11.0. The van der Waals surface area contributed by atoms with Gasteiger partial charge in [-0.15, -0.1) is 0 Å². The third kappa shape index (κ3) is 12.7. The number of aryl methyl sites for hydroxylation is 1. The molecule has 0 aliphatic heterocycles. The molecule has 9 N–H and O–H groups in total. The van der Waals surface area contributed by atoms with Crippen molar-refractivity contribution >= 4 is 57.4 Å². The first-order valence-corrected chi connectivity index (χ1v) is 21.5. The van der Waals surface area contributed by atoms with Gasteiger partial charge in [0.15, 0.2) is 5.82 Å². The minimum absolute atomic E-state index is 0.0440. The number of nitrogens with two attached hydrogens (primary N) is 2. The van der Waals surface area contributed by atoms with Gasteiger partial charge in [-0.1, -0.05) is 94.6 Å². The number of para-hydroxylation sites is 1. The molecule has 15 heteroatoms. The average molecular weight is 833 g/mol. The number of urea groups is 1. The Morgan fingerprint density at radius 3 is 2.30 bits per heavy atom. The summed E-state index contributed by atoms with van der Waals surface area (Å²) in [6, 6.07) is 21.1. The van der Waals surface area contributed by atoms with Crippen LogP contribution in [0.5, 0.6) is 0 Å². The molecule has 6 rings (SSSR count). The number of amides is 5. The molecular formula is C46H60N10O5. The number of nitrogens with zero attached hydrogens (tertiary/aromatic N) is 3. The zero-order chi connectivity index (χ0) is 43.3. The van der Waals surface area contributed by atoms with Crippen molar-refractivity contribution in [3.05, 3.63) is 95.3 Å². The van der Waals surface area contributed by atoms with Crippen molar-refractivity contribution in [1.29, 1.82) is 0 Å². The number of aromatic nitrogens is 3. The van der Waals surface area contributed by atoms with Crippen molar-refractivity contribution < 1.29 is 23.9 Å². The molecule has 0 spiro atoms. The van der Waals surface area contributed by atoms with E-state index in [0.717, 1.165) is 66.1 Å². The lowest BCUT2D eigenvalue weighted by atomic mass is 10.0. The van der Waals surface area contributed by atoms with Crippen LogP contribution in [0.3, 0.4) is 0 Å². The maximum absolute atomic E-state index is 13.3. The van der Waals surface area contributed by atoms with Crippen LogP contribution < -0.4 is 38.1 Å². The van der Waals surface area contributed by atoms with E-state index in [9.17, 15) is 19.2 Å². The molecule has 1 aliphatic carbocycles. The van der Waals surface area contributed by atoms with Crippen molar-refractivity contribution in [2.24, 2.45) is 23.3 Å². The first kappa shape index (κ1) is 44.5. The predicted octanol–water partition coefficient (Wildman–Crippen LogP) is 6.47. The second-order valence-corrected chi connectivity index (χ2v) is 16.3. The van der Waals surface area contributed by atoms with Crippen LogP contribution >= 0.6 is 0 Å². The van der Waals surface area contributed by atoms with E-state index in [2.05, 4.69) is 62.3 Å². The quantitative estimate of drug-likeness (QED) is 0.0380. The van der Waals surface area contributed by atoms with Gasteiger partial charge in [0.2, 0.25) is 11.8 Å². The van der Waals surface area contributed by atoms with E-state index in [-0.39, 0.29) is 25.5 Å². The number of pyridine rings is 1. The Kier molecular flexibility index (Phi) is 15.6. The second-order valence-electron chi connectivity index (χ2n) is 16.3. The first-order valence-electron chi connectivity index (χ1n) is 21.5. The molecule has 0 unspecified atom stereocenters. The van der Waals surface area contributed by atoms with Gasteiger partial charge >= 0.3 is 12.1 Å². The molecular weight excluding hydrogens is 773 g/mol. The Morgan fingerprint density at radius 1 is 0.869 bits per heavy atom. The molecule has 1 saturated carbocycles. The second kappa shape index (κ2) is 21.5. The smallest absolute Gasteiger partial charge is 0.413 e. The zero-order valence-electron chi connectivity index (χ0n) is 35.5. The van der Waals surface area contributed by atoms with E-state index in [4.69, 9.17) is 26.2 Å². The van der Waals surface area contributed by atoms with Crippen LogP contribution in [0.25, 0.3) is 21.9 Å². The van der Waals surface area contributed by atoms with Crippen molar-refractivity contribution in [2.75, 3.05) is 23.7 Å². The summed E-state index contributed by atoms with van der Waals surface area (Å²) in [6.07, 6.45) is 6.71. The van der Waals surface area contributed by atoms with E-state index in [0.29, 0.717) is 35.6 Å². The lowest BCUT2D eigenvalue weighted by molar-refractivity contribution is -0.128. The van der Waals surface area contributed by atoms with E-state index < -0.39 is 36.0 Å². The number of hydrogen-bond donors (Lipinski definition) is 7. The number of hydrogen-bond acceptors (Lipinski definition) is 9. The van der Waals surface area contributed by atoms with Gasteiger partial charge in [0.1, 0.15) is 24.0 Å². The average Bonchev–Trinajstić information content (AvgIpc) is 4.01. The SMILES string of the molecule is CCCCc1nc2c(NC(=O)OCc3ccc(NC(=O)[C@H](CCCNC(N)=O)NC(=O)[C@@H](N)C(C)C)cc3)nc3ccccc3c2n1Cc1ccc(CNCCC2CC2)cc1. The fraction of sp³-hybridized carbons (Fsp3) is 0.435. The highest BCUT2D eigenvalue weighted by Crippen LogP contribution is 2.33. The molecule has 2 heterocycles. The zero-order valence-corrected chi connectivity index (χ0v) is 35.5. The summed E-state index contributed by atoms with van der Waals surface area (Å²) in [6.45, 7) is 8.52. The van der Waals surface area contributed by atoms with Gasteiger partial charge in [-0.2, -0.15) is 0 Å². The monoisotopic (exact) mass is 832 g/mol. The number of benzene rings is 3. The highest BCUT2D eigenvalue weighted by molar-refractivity contribution is 6.09. The summed E-state index contributed by atoms with van der Waals surface area (Å²) in [5, 5.41) is 15.4. The largest absolute Gasteiger partial charge is 0.444 e. The number of carbonyl (C=O) groups excluding carboxylic acids is 4. The lowest BCUT2D eigenvalue weighted by Crippen LogP contribution is -2.51. The number of rotatable bonds is 22. The summed E-state index contributed by atoms with van der Waals surface area (Å²) >= 11 is 0. The van der Waals surface area contributed by atoms with Crippen molar-refractivity contribution in [1.82, 2.24) is 30.5 Å². The number of anilines is 2. The van der Waals surface area contributed by atoms with Crippen LogP contribution in [0.2, 0.25) is 0 Å². The van der Waals surface area contributed by atoms with Gasteiger partial charge in [-0.25, -0.2) is 19.6 Å². The number of imidazole rings is 1. The van der Waals surface area contributed by atoms with Crippen LogP contribution in [0, 0.1) is 11.8 Å². The maximum Gasteiger partial charge on any atom is 0.413 e. The highest BCUT2D eigenvalue weighted by atomic mass is 16.5. The van der Waals surface area contributed by atoms with Crippen molar-refractivity contribution in [2.45, 2.75) is 104 Å². The first-order chi connectivity index (χ1) is 29.5. The van der Waals surface area contributed by atoms with E-state index >= 15 is 0 Å². The van der Waals surface area contributed by atoms with Gasteiger partial charge in [-0.3, -0.25) is 14.9 Å². The molecule has 3 aromatic carbocycles. The van der Waals surface area contributed by atoms with Crippen molar-refractivity contribution in [3.63, 3.8) is 0 Å². The Balaban J connectivity index is 1.12. The fourth-order valence-electron chi connectivity index (χ4n) is 7.11. The van der Waals surface area contributed by atoms with Gasteiger partial charge in [0.25, 0.3) is 0 Å². The highest BCUT2D eigenvalue weighted by Gasteiger charge is 2.26. The fourth-order valence-corrected chi connectivity index (χ4v) is 7.11. The molecule has 5 amide bonds. The number of unbranched alkanes of at least 4 members (excludes halogenated alkanes) is 1. The summed E-state index contributed by atoms with van der Waals surface area (Å²) in [5.41, 5.74) is 17.0. The summed E-state index contributed by atoms with van der Waals surface area (Å²) in [7, 11) is 0. The summed E-state index contributed by atoms with van der Waals surface area (Å²) in [4.78, 5) is 60.4. The number of primary amides is 1. The molecule has 2 aromatic heterocycles. The molecule has 1 fully saturated rings. The van der Waals surface area contributed by atoms with Crippen LogP contribution in [-0.2, 0) is 40.4 Å². The molecule has 0 bridgehead atoms. The molecule has 61 heavy (non-hydrogen) atoms. The van der Waals surface area contributed by atoms with Crippen LogP contribution in [-0.4, -0.2) is 63.6 Å². The summed E-state index contributed by atoms with van der Waals surface area (Å²) < 4.78 is 7.91. The molecule has 324 valence electrons. The minimum Gasteiger partial charge on any atom is -0.444 e. The van der Waals surface area contributed by atoms with Crippen LogP contribution in [0.15, 0.2) is 72.8 Å². The molecule has 0 radical (unpaired) electrons. The predicted molar refractivity (Wildman–Crippen MR) is 239 cm³/mol. The number of nitrogens with one attached hydrogen (secondary N) is 5. The number of carbonyl (C=O) groups is 4. The Hall–Kier alpha value is -6.06. The Morgan fingerprint density at radius 2 is 1.59 bits per heavy atom. The number of fused-ring (bicyclic) bond motifs is 3. The van der Waals surface area contributed by atoms with E-state index in [1.54, 1.807) is 24.3 Å². The standard InChI is InChI=1S/C46H60N10O5/c1-4-5-12-38-54-40-41(56(38)27-32-17-15-31(16-18-32)26-49-25-23-30-13-14-30)35-9-6-7-10-36(35)52-42(40)55-46(60)61-28-33-19-21-34(22-20-33)51-43(57)37(11-8-24-50-45(48)59)53-44(58)39(47)29(2)3/h6-7,9-10,15-22,29-30,37,39,49H,4-5,8,11-14,23-28,47H2,1-3H3,(H,51,57)(H,53,58)(H3,48,50,59)(H,52,55,60)/t37-,39-/m0/s1. The summed E-state index contributed by atoms with van der Waals surface area (Å²) in [5.74, 6) is 1.15. The lowest BCUT2D eigenvalue weighted by Gasteiger charge is -2.22. The minimum atomic E-state index is -0.900. The van der Waals surface area contributed by atoms with Crippen LogP contribution in [0.4, 0.5) is 21.1 Å². The molecule has 0 saturated heterocycles.